The molecule has 6 nitrogen and oxygen atoms in total. The summed E-state index contributed by atoms with van der Waals surface area (Å²) in [5.41, 5.74) is 0. The Kier molecular flexibility index (Phi) is 5.11. The zero-order valence-electron chi connectivity index (χ0n) is 11.4. The lowest BCUT2D eigenvalue weighted by Gasteiger charge is -2.05. The van der Waals surface area contributed by atoms with Crippen LogP contribution in [0.2, 0.25) is 0 Å². The van der Waals surface area contributed by atoms with Gasteiger partial charge in [0.15, 0.2) is 11.6 Å². The van der Waals surface area contributed by atoms with E-state index in [0.29, 0.717) is 11.6 Å². The Labute approximate surface area is 117 Å². The van der Waals surface area contributed by atoms with Gasteiger partial charge in [-0.2, -0.15) is 0 Å². The minimum Gasteiger partial charge on any atom is -0.459 e. The second-order valence-corrected chi connectivity index (χ2v) is 4.37. The van der Waals surface area contributed by atoms with E-state index in [-0.39, 0.29) is 11.7 Å². The van der Waals surface area contributed by atoms with Crippen molar-refractivity contribution >= 4 is 17.5 Å². The molecular weight excluding hydrogens is 256 g/mol. The summed E-state index contributed by atoms with van der Waals surface area (Å²) >= 11 is 0. The fourth-order valence-electron chi connectivity index (χ4n) is 1.67. The molecule has 2 aromatic rings. The minimum absolute atomic E-state index is 0.244. The predicted octanol–water partition coefficient (Wildman–Crippen LogP) is 2.92. The van der Waals surface area contributed by atoms with Crippen molar-refractivity contribution in [3.63, 3.8) is 0 Å². The molecule has 0 aliphatic rings. The molecular formula is C14H18N4O2. The molecule has 0 aromatic carbocycles. The predicted molar refractivity (Wildman–Crippen MR) is 76.7 cm³/mol. The Morgan fingerprint density at radius 1 is 1.20 bits per heavy atom. The number of carbonyl (C=O) groups is 1. The number of nitrogens with one attached hydrogen (secondary N) is 2. The van der Waals surface area contributed by atoms with Gasteiger partial charge < -0.3 is 15.1 Å². The monoisotopic (exact) mass is 274 g/mol. The topological polar surface area (TPSA) is 80.0 Å². The Morgan fingerprint density at radius 2 is 2.00 bits per heavy atom. The third-order valence-electron chi connectivity index (χ3n) is 2.74. The molecule has 2 rings (SSSR count). The number of hydrogen-bond acceptors (Lipinski definition) is 5. The summed E-state index contributed by atoms with van der Waals surface area (Å²) in [5, 5.41) is 13.7. The van der Waals surface area contributed by atoms with Crippen LogP contribution < -0.4 is 10.6 Å². The maximum absolute atomic E-state index is 11.7. The fourth-order valence-corrected chi connectivity index (χ4v) is 1.67. The number of furan rings is 1. The van der Waals surface area contributed by atoms with Crippen LogP contribution in [0.3, 0.4) is 0 Å². The Bertz CT molecular complexity index is 523. The molecule has 2 heterocycles. The van der Waals surface area contributed by atoms with Crippen molar-refractivity contribution in [2.45, 2.75) is 26.2 Å². The van der Waals surface area contributed by atoms with E-state index >= 15 is 0 Å². The molecule has 2 N–H and O–H groups in total. The first-order chi connectivity index (χ1) is 9.79. The largest absolute Gasteiger partial charge is 0.459 e. The molecule has 0 spiro atoms. The van der Waals surface area contributed by atoms with E-state index in [1.165, 1.54) is 19.1 Å². The highest BCUT2D eigenvalue weighted by molar-refractivity contribution is 6.01. The van der Waals surface area contributed by atoms with Gasteiger partial charge in [0, 0.05) is 6.54 Å². The average molecular weight is 274 g/mol. The summed E-state index contributed by atoms with van der Waals surface area (Å²) in [5.74, 6) is 1.00. The quantitative estimate of drug-likeness (QED) is 0.759. The minimum atomic E-state index is -0.340. The molecule has 0 aliphatic heterocycles. The van der Waals surface area contributed by atoms with Gasteiger partial charge in [0.1, 0.15) is 5.82 Å². The third-order valence-corrected chi connectivity index (χ3v) is 2.74. The summed E-state index contributed by atoms with van der Waals surface area (Å²) in [6, 6.07) is 6.74. The van der Waals surface area contributed by atoms with Crippen molar-refractivity contribution < 1.29 is 9.21 Å². The number of hydrogen-bond donors (Lipinski definition) is 2. The lowest BCUT2D eigenvalue weighted by atomic mass is 10.2. The molecule has 20 heavy (non-hydrogen) atoms. The normalized spacial score (nSPS) is 10.2. The van der Waals surface area contributed by atoms with E-state index in [4.69, 9.17) is 4.42 Å². The molecule has 0 unspecified atom stereocenters. The second kappa shape index (κ2) is 7.28. The summed E-state index contributed by atoms with van der Waals surface area (Å²) in [6.07, 6.45) is 4.93. The van der Waals surface area contributed by atoms with E-state index in [1.807, 2.05) is 0 Å². The lowest BCUT2D eigenvalue weighted by Crippen LogP contribution is -2.13. The SMILES string of the molecule is CCCCCNc1ccc(NC(=O)c2ccco2)nn1. The number of aromatic nitrogens is 2. The van der Waals surface area contributed by atoms with Crippen LogP contribution in [-0.4, -0.2) is 22.6 Å². The zero-order valence-corrected chi connectivity index (χ0v) is 11.4. The molecule has 0 bridgehead atoms. The molecule has 0 fully saturated rings. The first-order valence-corrected chi connectivity index (χ1v) is 6.72. The highest BCUT2D eigenvalue weighted by Gasteiger charge is 2.09. The van der Waals surface area contributed by atoms with Crippen LogP contribution in [0.5, 0.6) is 0 Å². The molecule has 0 saturated heterocycles. The van der Waals surface area contributed by atoms with Gasteiger partial charge in [0.25, 0.3) is 5.91 Å². The average Bonchev–Trinajstić information content (AvgIpc) is 3.00. The molecule has 0 radical (unpaired) electrons. The summed E-state index contributed by atoms with van der Waals surface area (Å²) in [7, 11) is 0. The summed E-state index contributed by atoms with van der Waals surface area (Å²) in [6.45, 7) is 3.04. The highest BCUT2D eigenvalue weighted by Crippen LogP contribution is 2.09. The van der Waals surface area contributed by atoms with E-state index < -0.39 is 0 Å². The fraction of sp³-hybridized carbons (Fsp3) is 0.357. The third kappa shape index (κ3) is 4.08. The number of rotatable bonds is 7. The van der Waals surface area contributed by atoms with Crippen molar-refractivity contribution in [1.82, 2.24) is 10.2 Å². The zero-order chi connectivity index (χ0) is 14.2. The Hall–Kier alpha value is -2.37. The standard InChI is InChI=1S/C14H18N4O2/c1-2-3-4-9-15-12-7-8-13(18-17-12)16-14(19)11-6-5-10-20-11/h5-8,10H,2-4,9H2,1H3,(H,15,17)(H,16,18,19). The molecule has 1 amide bonds. The van der Waals surface area contributed by atoms with Crippen molar-refractivity contribution in [1.29, 1.82) is 0 Å². The molecule has 106 valence electrons. The van der Waals surface area contributed by atoms with Crippen molar-refractivity contribution in [3.8, 4) is 0 Å². The van der Waals surface area contributed by atoms with E-state index in [2.05, 4.69) is 27.8 Å². The van der Waals surface area contributed by atoms with Gasteiger partial charge in [-0.25, -0.2) is 0 Å². The van der Waals surface area contributed by atoms with Crippen LogP contribution in [0.15, 0.2) is 34.9 Å². The van der Waals surface area contributed by atoms with E-state index in [1.54, 1.807) is 24.3 Å². The number of unbranched alkanes of at least 4 members (excludes halogenated alkanes) is 2. The van der Waals surface area contributed by atoms with Crippen LogP contribution in [0.25, 0.3) is 0 Å². The molecule has 0 saturated carbocycles. The maximum atomic E-state index is 11.7. The van der Waals surface area contributed by atoms with Crippen LogP contribution in [0, 0.1) is 0 Å². The van der Waals surface area contributed by atoms with Gasteiger partial charge in [-0.15, -0.1) is 10.2 Å². The number of carbonyl (C=O) groups excluding carboxylic acids is 1. The Balaban J connectivity index is 1.83. The van der Waals surface area contributed by atoms with Crippen molar-refractivity contribution in [2.75, 3.05) is 17.2 Å². The van der Waals surface area contributed by atoms with E-state index in [0.717, 1.165) is 13.0 Å². The van der Waals surface area contributed by atoms with Crippen LogP contribution in [0.1, 0.15) is 36.7 Å². The van der Waals surface area contributed by atoms with Crippen molar-refractivity contribution in [2.24, 2.45) is 0 Å². The van der Waals surface area contributed by atoms with Crippen LogP contribution in [-0.2, 0) is 0 Å². The number of amides is 1. The maximum Gasteiger partial charge on any atom is 0.292 e. The van der Waals surface area contributed by atoms with Gasteiger partial charge >= 0.3 is 0 Å². The molecule has 0 atom stereocenters. The number of nitrogens with zero attached hydrogens (tertiary/aromatic N) is 2. The smallest absolute Gasteiger partial charge is 0.292 e. The second-order valence-electron chi connectivity index (χ2n) is 4.37. The van der Waals surface area contributed by atoms with Gasteiger partial charge in [0.05, 0.1) is 6.26 Å². The molecule has 0 aliphatic carbocycles. The molecule has 6 heteroatoms. The van der Waals surface area contributed by atoms with Crippen LogP contribution in [0.4, 0.5) is 11.6 Å². The highest BCUT2D eigenvalue weighted by atomic mass is 16.3. The van der Waals surface area contributed by atoms with Gasteiger partial charge in [-0.05, 0) is 30.7 Å². The Morgan fingerprint density at radius 3 is 2.65 bits per heavy atom. The van der Waals surface area contributed by atoms with E-state index in [9.17, 15) is 4.79 Å². The van der Waals surface area contributed by atoms with Gasteiger partial charge in [0.2, 0.25) is 0 Å². The van der Waals surface area contributed by atoms with Gasteiger partial charge in [-0.1, -0.05) is 19.8 Å². The first-order valence-electron chi connectivity index (χ1n) is 6.72. The van der Waals surface area contributed by atoms with Gasteiger partial charge in [-0.3, -0.25) is 4.79 Å². The summed E-state index contributed by atoms with van der Waals surface area (Å²) < 4.78 is 4.99. The van der Waals surface area contributed by atoms with Crippen molar-refractivity contribution in [3.05, 3.63) is 36.3 Å². The number of anilines is 2. The first kappa shape index (κ1) is 14.0. The van der Waals surface area contributed by atoms with Crippen LogP contribution >= 0.6 is 0 Å². The lowest BCUT2D eigenvalue weighted by molar-refractivity contribution is 0.0996. The molecule has 2 aromatic heterocycles. The summed E-state index contributed by atoms with van der Waals surface area (Å²) in [4.78, 5) is 11.7.